The average Bonchev–Trinajstić information content (AvgIpc) is 2.88. The van der Waals surface area contributed by atoms with Crippen LogP contribution in [0.1, 0.15) is 24.2 Å². The molecule has 0 fully saturated rings. The monoisotopic (exact) mass is 290 g/mol. The minimum Gasteiger partial charge on any atom is -0.349 e. The van der Waals surface area contributed by atoms with Crippen LogP contribution >= 0.6 is 0 Å². The molecule has 2 aromatic rings. The van der Waals surface area contributed by atoms with Crippen LogP contribution in [0.4, 0.5) is 0 Å². The second kappa shape index (κ2) is 4.75. The van der Waals surface area contributed by atoms with Crippen molar-refractivity contribution in [2.24, 2.45) is 0 Å². The maximum absolute atomic E-state index is 12.8. The zero-order chi connectivity index (χ0) is 14.3. The molecule has 106 valence electrons. The fourth-order valence-corrected chi connectivity index (χ4v) is 4.50. The maximum Gasteiger partial charge on any atom is 0.243 e. The molecule has 1 aromatic heterocycles. The summed E-state index contributed by atoms with van der Waals surface area (Å²) in [6.45, 7) is 5.07. The van der Waals surface area contributed by atoms with Gasteiger partial charge in [0, 0.05) is 25.0 Å². The highest BCUT2D eigenvalue weighted by molar-refractivity contribution is 7.89. The Hall–Kier alpha value is -1.59. The molecule has 1 atom stereocenters. The van der Waals surface area contributed by atoms with Crippen LogP contribution in [0.25, 0.3) is 0 Å². The highest BCUT2D eigenvalue weighted by Gasteiger charge is 2.33. The van der Waals surface area contributed by atoms with Crippen molar-refractivity contribution in [1.29, 1.82) is 0 Å². The normalized spacial score (nSPS) is 19.8. The number of hydrogen-bond acceptors (Lipinski definition) is 2. The molecule has 5 heteroatoms. The van der Waals surface area contributed by atoms with Gasteiger partial charge in [-0.25, -0.2) is 8.42 Å². The molecule has 0 saturated carbocycles. The Bertz CT molecular complexity index is 734. The van der Waals surface area contributed by atoms with Gasteiger partial charge in [0.1, 0.15) is 0 Å². The summed E-state index contributed by atoms with van der Waals surface area (Å²) in [5.74, 6) is 0. The number of aromatic nitrogens is 1. The molecule has 1 aliphatic heterocycles. The van der Waals surface area contributed by atoms with E-state index < -0.39 is 10.0 Å². The van der Waals surface area contributed by atoms with Crippen LogP contribution in [0.2, 0.25) is 0 Å². The summed E-state index contributed by atoms with van der Waals surface area (Å²) in [6.07, 6.45) is 2.00. The third kappa shape index (κ3) is 2.07. The molecule has 0 N–H and O–H groups in total. The number of nitrogens with zero attached hydrogens (tertiary/aromatic N) is 2. The van der Waals surface area contributed by atoms with Crippen LogP contribution < -0.4 is 0 Å². The van der Waals surface area contributed by atoms with E-state index in [4.69, 9.17) is 0 Å². The van der Waals surface area contributed by atoms with E-state index in [0.29, 0.717) is 18.0 Å². The van der Waals surface area contributed by atoms with E-state index in [1.807, 2.05) is 38.2 Å². The van der Waals surface area contributed by atoms with Gasteiger partial charge in [0.15, 0.2) is 0 Å². The van der Waals surface area contributed by atoms with E-state index in [2.05, 4.69) is 4.57 Å². The first-order valence-corrected chi connectivity index (χ1v) is 8.18. The molecule has 20 heavy (non-hydrogen) atoms. The zero-order valence-electron chi connectivity index (χ0n) is 11.7. The van der Waals surface area contributed by atoms with Crippen molar-refractivity contribution < 1.29 is 8.42 Å². The standard InChI is InChI=1S/C15H18N2O2S/c1-12-5-3-6-14(11-12)20(18,19)17-10-9-16-8-4-7-15(16)13(17)2/h3-8,11,13H,9-10H2,1-2H3/t13-/m1/s1. The molecule has 3 rings (SSSR count). The molecule has 0 bridgehead atoms. The Balaban J connectivity index is 2.01. The van der Waals surface area contributed by atoms with Gasteiger partial charge in [0.25, 0.3) is 0 Å². The van der Waals surface area contributed by atoms with Crippen LogP contribution in [0.3, 0.4) is 0 Å². The second-order valence-electron chi connectivity index (χ2n) is 5.23. The fourth-order valence-electron chi connectivity index (χ4n) is 2.80. The molecule has 1 aliphatic rings. The summed E-state index contributed by atoms with van der Waals surface area (Å²) in [4.78, 5) is 0.379. The van der Waals surface area contributed by atoms with Gasteiger partial charge in [-0.15, -0.1) is 0 Å². The maximum atomic E-state index is 12.8. The van der Waals surface area contributed by atoms with E-state index >= 15 is 0 Å². The number of rotatable bonds is 2. The highest BCUT2D eigenvalue weighted by Crippen LogP contribution is 2.31. The number of fused-ring (bicyclic) bond motifs is 1. The number of benzene rings is 1. The number of sulfonamides is 1. The molecule has 1 aromatic carbocycles. The fraction of sp³-hybridized carbons (Fsp3) is 0.333. The number of aryl methyl sites for hydroxylation is 1. The third-order valence-corrected chi connectivity index (χ3v) is 5.85. The first kappa shape index (κ1) is 13.4. The molecule has 4 nitrogen and oxygen atoms in total. The lowest BCUT2D eigenvalue weighted by Gasteiger charge is -2.33. The third-order valence-electron chi connectivity index (χ3n) is 3.88. The smallest absolute Gasteiger partial charge is 0.243 e. The Morgan fingerprint density at radius 1 is 1.15 bits per heavy atom. The predicted molar refractivity (Wildman–Crippen MR) is 77.9 cm³/mol. The minimum absolute atomic E-state index is 0.135. The first-order valence-electron chi connectivity index (χ1n) is 6.74. The average molecular weight is 290 g/mol. The Kier molecular flexibility index (Phi) is 3.18. The molecule has 2 heterocycles. The topological polar surface area (TPSA) is 42.3 Å². The molecule has 0 aliphatic carbocycles. The Morgan fingerprint density at radius 2 is 1.95 bits per heavy atom. The summed E-state index contributed by atoms with van der Waals surface area (Å²) in [7, 11) is -3.43. The van der Waals surface area contributed by atoms with Crippen molar-refractivity contribution in [2.75, 3.05) is 6.54 Å². The van der Waals surface area contributed by atoms with Crippen molar-refractivity contribution in [3.8, 4) is 0 Å². The van der Waals surface area contributed by atoms with Gasteiger partial charge in [-0.3, -0.25) is 0 Å². The van der Waals surface area contributed by atoms with E-state index in [-0.39, 0.29) is 6.04 Å². The SMILES string of the molecule is Cc1cccc(S(=O)(=O)N2CCn3cccc3[C@H]2C)c1. The molecule has 0 radical (unpaired) electrons. The van der Waals surface area contributed by atoms with E-state index in [1.54, 1.807) is 22.5 Å². The molecular formula is C15H18N2O2S. The van der Waals surface area contributed by atoms with Crippen LogP contribution in [-0.4, -0.2) is 23.8 Å². The second-order valence-corrected chi connectivity index (χ2v) is 7.13. The van der Waals surface area contributed by atoms with Gasteiger partial charge in [0.2, 0.25) is 10.0 Å². The van der Waals surface area contributed by atoms with Crippen molar-refractivity contribution in [3.63, 3.8) is 0 Å². The van der Waals surface area contributed by atoms with Crippen molar-refractivity contribution in [2.45, 2.75) is 31.3 Å². The minimum atomic E-state index is -3.43. The summed E-state index contributed by atoms with van der Waals surface area (Å²) in [6, 6.07) is 10.9. The lowest BCUT2D eigenvalue weighted by atomic mass is 10.2. The van der Waals surface area contributed by atoms with Crippen molar-refractivity contribution in [3.05, 3.63) is 53.9 Å². The van der Waals surface area contributed by atoms with Gasteiger partial charge >= 0.3 is 0 Å². The van der Waals surface area contributed by atoms with Gasteiger partial charge in [-0.05, 0) is 43.7 Å². The Labute approximate surface area is 119 Å². The molecule has 0 amide bonds. The lowest BCUT2D eigenvalue weighted by molar-refractivity contribution is 0.282. The molecule has 0 saturated heterocycles. The largest absolute Gasteiger partial charge is 0.349 e. The zero-order valence-corrected chi connectivity index (χ0v) is 12.5. The quantitative estimate of drug-likeness (QED) is 0.853. The van der Waals surface area contributed by atoms with Crippen LogP contribution in [0.5, 0.6) is 0 Å². The van der Waals surface area contributed by atoms with E-state index in [0.717, 1.165) is 11.3 Å². The summed E-state index contributed by atoms with van der Waals surface area (Å²) in [5.41, 5.74) is 2.01. The van der Waals surface area contributed by atoms with Crippen LogP contribution in [0, 0.1) is 6.92 Å². The van der Waals surface area contributed by atoms with Crippen molar-refractivity contribution in [1.82, 2.24) is 8.87 Å². The van der Waals surface area contributed by atoms with Gasteiger partial charge in [0.05, 0.1) is 10.9 Å². The van der Waals surface area contributed by atoms with Gasteiger partial charge < -0.3 is 4.57 Å². The van der Waals surface area contributed by atoms with E-state index in [9.17, 15) is 8.42 Å². The first-order chi connectivity index (χ1) is 9.50. The van der Waals surface area contributed by atoms with Gasteiger partial charge in [-0.2, -0.15) is 4.31 Å². The van der Waals surface area contributed by atoms with Crippen molar-refractivity contribution >= 4 is 10.0 Å². The Morgan fingerprint density at radius 3 is 2.70 bits per heavy atom. The molecular weight excluding hydrogens is 272 g/mol. The summed E-state index contributed by atoms with van der Waals surface area (Å²) < 4.78 is 29.3. The lowest BCUT2D eigenvalue weighted by Crippen LogP contribution is -2.40. The van der Waals surface area contributed by atoms with Gasteiger partial charge in [-0.1, -0.05) is 12.1 Å². The van der Waals surface area contributed by atoms with Crippen LogP contribution in [0.15, 0.2) is 47.5 Å². The number of hydrogen-bond donors (Lipinski definition) is 0. The molecule has 0 unspecified atom stereocenters. The van der Waals surface area contributed by atoms with Crippen LogP contribution in [-0.2, 0) is 16.6 Å². The highest BCUT2D eigenvalue weighted by atomic mass is 32.2. The van der Waals surface area contributed by atoms with E-state index in [1.165, 1.54) is 0 Å². The predicted octanol–water partition coefficient (Wildman–Crippen LogP) is 2.56. The summed E-state index contributed by atoms with van der Waals surface area (Å²) >= 11 is 0. The molecule has 0 spiro atoms. The summed E-state index contributed by atoms with van der Waals surface area (Å²) in [5, 5.41) is 0.